The molecule has 0 bridgehead atoms. The third kappa shape index (κ3) is 3.35. The van der Waals surface area contributed by atoms with E-state index in [1.54, 1.807) is 49.5 Å². The van der Waals surface area contributed by atoms with Crippen molar-refractivity contribution in [3.8, 4) is 6.07 Å². The van der Waals surface area contributed by atoms with Crippen molar-refractivity contribution in [1.82, 2.24) is 14.5 Å². The molecule has 1 aliphatic carbocycles. The van der Waals surface area contributed by atoms with E-state index in [-0.39, 0.29) is 18.4 Å². The number of carbonyl (C=O) groups excluding carboxylic acids is 1. The molecule has 2 aromatic heterocycles. The highest BCUT2D eigenvalue weighted by Gasteiger charge is 2.30. The molecule has 1 amide bonds. The lowest BCUT2D eigenvalue weighted by atomic mass is 9.92. The Morgan fingerprint density at radius 3 is 2.86 bits per heavy atom. The normalized spacial score (nSPS) is 16.2. The fourth-order valence-electron chi connectivity index (χ4n) is 3.52. The Bertz CT molecular complexity index is 1060. The first kappa shape index (κ1) is 18.1. The highest BCUT2D eigenvalue weighted by molar-refractivity contribution is 5.92. The maximum absolute atomic E-state index is 12.7. The van der Waals surface area contributed by atoms with Gasteiger partial charge in [0.2, 0.25) is 11.9 Å². The molecule has 1 aromatic carbocycles. The van der Waals surface area contributed by atoms with Gasteiger partial charge in [-0.2, -0.15) is 5.26 Å². The van der Waals surface area contributed by atoms with Crippen LogP contribution in [-0.2, 0) is 10.4 Å². The lowest BCUT2D eigenvalue weighted by Crippen LogP contribution is -2.30. The number of nitrogens with zero attached hydrogens (tertiary/aromatic N) is 4. The number of hydrogen-bond acceptors (Lipinski definition) is 5. The van der Waals surface area contributed by atoms with E-state index in [0.717, 1.165) is 30.3 Å². The molecule has 2 N–H and O–H groups in total. The van der Waals surface area contributed by atoms with E-state index < -0.39 is 5.60 Å². The van der Waals surface area contributed by atoms with Gasteiger partial charge in [-0.3, -0.25) is 15.1 Å². The van der Waals surface area contributed by atoms with Crippen molar-refractivity contribution in [3.05, 3.63) is 53.9 Å². The minimum absolute atomic E-state index is 0.138. The smallest absolute Gasteiger partial charge is 0.229 e. The van der Waals surface area contributed by atoms with Crippen LogP contribution < -0.4 is 5.32 Å². The van der Waals surface area contributed by atoms with Crippen LogP contribution in [0, 0.1) is 11.3 Å². The Morgan fingerprint density at radius 2 is 2.21 bits per heavy atom. The average Bonchev–Trinajstić information content (AvgIpc) is 2.97. The zero-order valence-electron chi connectivity index (χ0n) is 15.6. The van der Waals surface area contributed by atoms with Gasteiger partial charge in [-0.05, 0) is 56.5 Å². The monoisotopic (exact) mass is 375 g/mol. The number of nitriles is 1. The highest BCUT2D eigenvalue weighted by atomic mass is 16.3. The molecular weight excluding hydrogens is 354 g/mol. The number of aromatic nitrogens is 3. The molecule has 1 saturated carbocycles. The molecule has 3 aromatic rings. The number of amides is 1. The topological polar surface area (TPSA) is 104 Å². The summed E-state index contributed by atoms with van der Waals surface area (Å²) in [5.74, 6) is 0.114. The molecule has 4 rings (SSSR count). The van der Waals surface area contributed by atoms with E-state index >= 15 is 0 Å². The number of pyridine rings is 1. The third-order valence-corrected chi connectivity index (χ3v) is 5.23. The molecule has 0 spiro atoms. The van der Waals surface area contributed by atoms with Gasteiger partial charge >= 0.3 is 0 Å². The second-order valence-corrected chi connectivity index (χ2v) is 7.42. The minimum Gasteiger partial charge on any atom is -0.383 e. The number of rotatable bonds is 5. The molecule has 7 nitrogen and oxygen atoms in total. The predicted molar refractivity (Wildman–Crippen MR) is 104 cm³/mol. The van der Waals surface area contributed by atoms with E-state index in [1.165, 1.54) is 0 Å². The summed E-state index contributed by atoms with van der Waals surface area (Å²) in [7, 11) is 0. The van der Waals surface area contributed by atoms with Crippen LogP contribution in [0.4, 0.5) is 5.95 Å². The maximum Gasteiger partial charge on any atom is 0.229 e. The van der Waals surface area contributed by atoms with Crippen LogP contribution in [0.1, 0.15) is 49.9 Å². The van der Waals surface area contributed by atoms with E-state index in [0.29, 0.717) is 17.2 Å². The summed E-state index contributed by atoms with van der Waals surface area (Å²) in [5, 5.41) is 22.7. The molecular formula is C21H21N5O2. The van der Waals surface area contributed by atoms with Gasteiger partial charge in [-0.15, -0.1) is 0 Å². The van der Waals surface area contributed by atoms with Gasteiger partial charge in [0.25, 0.3) is 0 Å². The second kappa shape index (κ2) is 7.06. The number of carbonyl (C=O) groups is 1. The number of imidazole rings is 1. The van der Waals surface area contributed by atoms with Crippen LogP contribution in [0.2, 0.25) is 0 Å². The summed E-state index contributed by atoms with van der Waals surface area (Å²) < 4.78 is 2.01. The molecule has 7 heteroatoms. The van der Waals surface area contributed by atoms with Gasteiger partial charge in [0.1, 0.15) is 5.60 Å². The van der Waals surface area contributed by atoms with Gasteiger partial charge in [0.15, 0.2) is 0 Å². The SMILES string of the molecule is CC(O)(CC(=O)Nc1nc2ccc(C#N)cc2n1C1CCC1)c1ccccn1. The van der Waals surface area contributed by atoms with Crippen LogP contribution in [-0.4, -0.2) is 25.5 Å². The van der Waals surface area contributed by atoms with Crippen molar-refractivity contribution >= 4 is 22.9 Å². The number of benzene rings is 1. The Hall–Kier alpha value is -3.24. The Balaban J connectivity index is 1.62. The maximum atomic E-state index is 12.7. The Morgan fingerprint density at radius 1 is 1.39 bits per heavy atom. The molecule has 0 aliphatic heterocycles. The second-order valence-electron chi connectivity index (χ2n) is 7.42. The van der Waals surface area contributed by atoms with E-state index in [4.69, 9.17) is 0 Å². The summed E-state index contributed by atoms with van der Waals surface area (Å²) in [4.78, 5) is 21.4. The molecule has 1 fully saturated rings. The van der Waals surface area contributed by atoms with Crippen LogP contribution in [0.5, 0.6) is 0 Å². The Labute approximate surface area is 162 Å². The van der Waals surface area contributed by atoms with Gasteiger partial charge in [0.05, 0.1) is 34.8 Å². The quantitative estimate of drug-likeness (QED) is 0.712. The van der Waals surface area contributed by atoms with Crippen LogP contribution >= 0.6 is 0 Å². The van der Waals surface area contributed by atoms with Gasteiger partial charge in [-0.1, -0.05) is 6.07 Å². The van der Waals surface area contributed by atoms with Crippen LogP contribution in [0.3, 0.4) is 0 Å². The number of fused-ring (bicyclic) bond motifs is 1. The number of anilines is 1. The number of aliphatic hydroxyl groups is 1. The lowest BCUT2D eigenvalue weighted by molar-refractivity contribution is -0.121. The van der Waals surface area contributed by atoms with Crippen molar-refractivity contribution in [2.24, 2.45) is 0 Å². The predicted octanol–water partition coefficient (Wildman–Crippen LogP) is 3.26. The number of nitrogens with one attached hydrogen (secondary N) is 1. The molecule has 1 aliphatic rings. The van der Waals surface area contributed by atoms with Crippen LogP contribution in [0.25, 0.3) is 11.0 Å². The first-order chi connectivity index (χ1) is 13.5. The molecule has 142 valence electrons. The molecule has 0 saturated heterocycles. The van der Waals surface area contributed by atoms with Crippen molar-refractivity contribution in [3.63, 3.8) is 0 Å². The first-order valence-corrected chi connectivity index (χ1v) is 9.34. The van der Waals surface area contributed by atoms with Crippen molar-refractivity contribution in [2.75, 3.05) is 5.32 Å². The van der Waals surface area contributed by atoms with Gasteiger partial charge in [-0.25, -0.2) is 4.98 Å². The zero-order chi connectivity index (χ0) is 19.7. The lowest BCUT2D eigenvalue weighted by Gasteiger charge is -2.29. The van der Waals surface area contributed by atoms with Crippen molar-refractivity contribution < 1.29 is 9.90 Å². The third-order valence-electron chi connectivity index (χ3n) is 5.23. The Kier molecular flexibility index (Phi) is 4.57. The number of hydrogen-bond donors (Lipinski definition) is 2. The van der Waals surface area contributed by atoms with E-state index in [9.17, 15) is 15.2 Å². The van der Waals surface area contributed by atoms with Crippen molar-refractivity contribution in [1.29, 1.82) is 5.26 Å². The zero-order valence-corrected chi connectivity index (χ0v) is 15.6. The largest absolute Gasteiger partial charge is 0.383 e. The summed E-state index contributed by atoms with van der Waals surface area (Å²) >= 11 is 0. The van der Waals surface area contributed by atoms with E-state index in [2.05, 4.69) is 21.4 Å². The van der Waals surface area contributed by atoms with Crippen LogP contribution in [0.15, 0.2) is 42.6 Å². The summed E-state index contributed by atoms with van der Waals surface area (Å²) in [6.07, 6.45) is 4.60. The fourth-order valence-corrected chi connectivity index (χ4v) is 3.52. The molecule has 28 heavy (non-hydrogen) atoms. The molecule has 1 unspecified atom stereocenters. The van der Waals surface area contributed by atoms with Crippen molar-refractivity contribution in [2.45, 2.75) is 44.2 Å². The van der Waals surface area contributed by atoms with Gasteiger partial charge < -0.3 is 9.67 Å². The molecule has 2 heterocycles. The highest BCUT2D eigenvalue weighted by Crippen LogP contribution is 2.37. The summed E-state index contributed by atoms with van der Waals surface area (Å²) in [5.41, 5.74) is 1.19. The average molecular weight is 375 g/mol. The van der Waals surface area contributed by atoms with E-state index in [1.807, 2.05) is 4.57 Å². The minimum atomic E-state index is -1.38. The fraction of sp³-hybridized carbons (Fsp3) is 0.333. The molecule has 0 radical (unpaired) electrons. The molecule has 1 atom stereocenters. The standard InChI is InChI=1S/C21H21N5O2/c1-21(28,18-7-2-3-10-23-18)12-19(27)25-20-24-16-9-8-14(13-22)11-17(16)26(20)15-5-4-6-15/h2-3,7-11,15,28H,4-6,12H2,1H3,(H,24,25,27). The summed E-state index contributed by atoms with van der Waals surface area (Å²) in [6.45, 7) is 1.57. The summed E-state index contributed by atoms with van der Waals surface area (Å²) in [6, 6.07) is 13.0. The first-order valence-electron chi connectivity index (χ1n) is 9.34. The van der Waals surface area contributed by atoms with Gasteiger partial charge in [0, 0.05) is 12.2 Å².